The van der Waals surface area contributed by atoms with Gasteiger partial charge in [-0.2, -0.15) is 0 Å². The number of H-pyrrole nitrogens is 1. The van der Waals surface area contributed by atoms with Crippen LogP contribution in [0, 0.1) is 0 Å². The molecule has 0 radical (unpaired) electrons. The van der Waals surface area contributed by atoms with E-state index in [4.69, 9.17) is 10.2 Å². The van der Waals surface area contributed by atoms with Crippen LogP contribution < -0.4 is 10.7 Å². The van der Waals surface area contributed by atoms with E-state index in [1.54, 1.807) is 24.3 Å². The number of pyridine rings is 1. The van der Waals surface area contributed by atoms with E-state index in [-0.39, 0.29) is 24.1 Å². The number of aromatic amines is 1. The number of hydrogen-bond acceptors (Lipinski definition) is 4. The van der Waals surface area contributed by atoms with Gasteiger partial charge in [-0.05, 0) is 12.1 Å². The minimum atomic E-state index is -1.53. The standard InChI is InChI=1S/C14H14N2O5/c17-11(14(20)21)5-6-15-13(19)10-7-12(18)8-3-1-2-4-9(8)16-10/h1-4,7,11,17H,5-6H2,(H,15,19)(H,16,18)(H,20,21). The zero-order valence-electron chi connectivity index (χ0n) is 11.0. The van der Waals surface area contributed by atoms with Gasteiger partial charge in [0.05, 0.1) is 0 Å². The summed E-state index contributed by atoms with van der Waals surface area (Å²) in [6.45, 7) is -0.0127. The molecular weight excluding hydrogens is 276 g/mol. The van der Waals surface area contributed by atoms with E-state index >= 15 is 0 Å². The monoisotopic (exact) mass is 290 g/mol. The van der Waals surface area contributed by atoms with Gasteiger partial charge >= 0.3 is 5.97 Å². The van der Waals surface area contributed by atoms with Gasteiger partial charge in [-0.25, -0.2) is 4.79 Å². The number of nitrogens with one attached hydrogen (secondary N) is 2. The Balaban J connectivity index is 2.10. The Hall–Kier alpha value is -2.67. The van der Waals surface area contributed by atoms with Crippen molar-refractivity contribution in [2.75, 3.05) is 6.54 Å². The van der Waals surface area contributed by atoms with Gasteiger partial charge in [0.15, 0.2) is 11.5 Å². The maximum absolute atomic E-state index is 11.9. The molecule has 110 valence electrons. The van der Waals surface area contributed by atoms with E-state index in [0.29, 0.717) is 10.9 Å². The van der Waals surface area contributed by atoms with Gasteiger partial charge in [0.1, 0.15) is 5.69 Å². The molecule has 1 heterocycles. The number of amides is 1. The molecule has 0 saturated heterocycles. The summed E-state index contributed by atoms with van der Waals surface area (Å²) in [6.07, 6.45) is -1.64. The number of carboxylic acids is 1. The van der Waals surface area contributed by atoms with Crippen molar-refractivity contribution in [1.82, 2.24) is 10.3 Å². The Morgan fingerprint density at radius 2 is 2.00 bits per heavy atom. The molecular formula is C14H14N2O5. The van der Waals surface area contributed by atoms with Crippen molar-refractivity contribution in [3.05, 3.63) is 46.2 Å². The van der Waals surface area contributed by atoms with E-state index in [2.05, 4.69) is 10.3 Å². The smallest absolute Gasteiger partial charge is 0.332 e. The summed E-state index contributed by atoms with van der Waals surface area (Å²) in [6, 6.07) is 7.99. The molecule has 0 fully saturated rings. The molecule has 0 saturated carbocycles. The van der Waals surface area contributed by atoms with Gasteiger partial charge in [-0.1, -0.05) is 12.1 Å². The van der Waals surface area contributed by atoms with E-state index in [0.717, 1.165) is 0 Å². The largest absolute Gasteiger partial charge is 0.479 e. The lowest BCUT2D eigenvalue weighted by atomic mass is 10.2. The first kappa shape index (κ1) is 14.7. The number of aliphatic hydroxyl groups is 1. The van der Waals surface area contributed by atoms with E-state index < -0.39 is 18.0 Å². The third-order valence-corrected chi connectivity index (χ3v) is 2.97. The molecule has 7 heteroatoms. The predicted octanol–water partition coefficient (Wildman–Crippen LogP) is 0.0935. The fraction of sp³-hybridized carbons (Fsp3) is 0.214. The highest BCUT2D eigenvalue weighted by Gasteiger charge is 2.14. The molecule has 1 unspecified atom stereocenters. The van der Waals surface area contributed by atoms with Crippen LogP contribution in [0.4, 0.5) is 0 Å². The third-order valence-electron chi connectivity index (χ3n) is 2.97. The highest BCUT2D eigenvalue weighted by molar-refractivity contribution is 5.94. The summed E-state index contributed by atoms with van der Waals surface area (Å²) < 4.78 is 0. The van der Waals surface area contributed by atoms with Crippen LogP contribution >= 0.6 is 0 Å². The van der Waals surface area contributed by atoms with Crippen molar-refractivity contribution in [1.29, 1.82) is 0 Å². The van der Waals surface area contributed by atoms with Crippen LogP contribution in [0.1, 0.15) is 16.9 Å². The highest BCUT2D eigenvalue weighted by atomic mass is 16.4. The molecule has 0 aliphatic rings. The zero-order chi connectivity index (χ0) is 15.4. The van der Waals surface area contributed by atoms with E-state index in [9.17, 15) is 14.4 Å². The maximum atomic E-state index is 11.9. The van der Waals surface area contributed by atoms with Crippen LogP contribution in [0.25, 0.3) is 10.9 Å². The zero-order valence-corrected chi connectivity index (χ0v) is 11.0. The molecule has 1 atom stereocenters. The van der Waals surface area contributed by atoms with Crippen LogP contribution in [0.3, 0.4) is 0 Å². The van der Waals surface area contributed by atoms with Gasteiger partial charge < -0.3 is 20.5 Å². The third kappa shape index (κ3) is 3.46. The molecule has 2 aromatic rings. The molecule has 1 amide bonds. The SMILES string of the molecule is O=C(NCCC(O)C(=O)O)c1cc(=O)c2ccccc2[nH]1. The average molecular weight is 290 g/mol. The molecule has 0 spiro atoms. The maximum Gasteiger partial charge on any atom is 0.332 e. The van der Waals surface area contributed by atoms with Crippen LogP contribution in [0.2, 0.25) is 0 Å². The van der Waals surface area contributed by atoms with Crippen molar-refractivity contribution >= 4 is 22.8 Å². The van der Waals surface area contributed by atoms with E-state index in [1.807, 2.05) is 0 Å². The number of aliphatic hydroxyl groups excluding tert-OH is 1. The topological polar surface area (TPSA) is 119 Å². The van der Waals surface area contributed by atoms with Crippen LogP contribution in [-0.4, -0.2) is 39.7 Å². The predicted molar refractivity (Wildman–Crippen MR) is 75.2 cm³/mol. The Bertz CT molecular complexity index is 737. The lowest BCUT2D eigenvalue weighted by molar-refractivity contribution is -0.146. The lowest BCUT2D eigenvalue weighted by Gasteiger charge is -2.08. The van der Waals surface area contributed by atoms with Gasteiger partial charge in [-0.3, -0.25) is 9.59 Å². The number of rotatable bonds is 5. The summed E-state index contributed by atoms with van der Waals surface area (Å²) in [5, 5.41) is 20.5. The van der Waals surface area contributed by atoms with Gasteiger partial charge in [0.25, 0.3) is 5.91 Å². The molecule has 0 aliphatic carbocycles. The summed E-state index contributed by atoms with van der Waals surface area (Å²) in [5.74, 6) is -1.88. The Kier molecular flexibility index (Phi) is 4.34. The van der Waals surface area contributed by atoms with Crippen LogP contribution in [-0.2, 0) is 4.79 Å². The van der Waals surface area contributed by atoms with E-state index in [1.165, 1.54) is 6.07 Å². The molecule has 2 rings (SSSR count). The Morgan fingerprint density at radius 1 is 1.29 bits per heavy atom. The number of benzene rings is 1. The fourth-order valence-corrected chi connectivity index (χ4v) is 1.86. The van der Waals surface area contributed by atoms with Crippen LogP contribution in [0.5, 0.6) is 0 Å². The number of para-hydroxylation sites is 1. The lowest BCUT2D eigenvalue weighted by Crippen LogP contribution is -2.31. The van der Waals surface area contributed by atoms with Crippen molar-refractivity contribution < 1.29 is 19.8 Å². The quantitative estimate of drug-likeness (QED) is 0.622. The normalized spacial score (nSPS) is 12.0. The Labute approximate surface area is 119 Å². The number of hydrogen-bond donors (Lipinski definition) is 4. The summed E-state index contributed by atoms with van der Waals surface area (Å²) >= 11 is 0. The van der Waals surface area contributed by atoms with Gasteiger partial charge in [0.2, 0.25) is 0 Å². The summed E-state index contributed by atoms with van der Waals surface area (Å²) in [7, 11) is 0. The minimum absolute atomic E-state index is 0.0127. The van der Waals surface area contributed by atoms with Gasteiger partial charge in [0, 0.05) is 29.9 Å². The van der Waals surface area contributed by atoms with Gasteiger partial charge in [-0.15, -0.1) is 0 Å². The second-order valence-corrected chi connectivity index (χ2v) is 4.49. The number of fused-ring (bicyclic) bond motifs is 1. The van der Waals surface area contributed by atoms with Crippen LogP contribution in [0.15, 0.2) is 35.1 Å². The molecule has 21 heavy (non-hydrogen) atoms. The van der Waals surface area contributed by atoms with Crippen molar-refractivity contribution in [3.8, 4) is 0 Å². The number of carbonyl (C=O) groups excluding carboxylic acids is 1. The number of carboxylic acid groups (broad SMARTS) is 1. The first-order valence-corrected chi connectivity index (χ1v) is 6.30. The molecule has 4 N–H and O–H groups in total. The first-order chi connectivity index (χ1) is 9.99. The molecule has 1 aromatic heterocycles. The molecule has 7 nitrogen and oxygen atoms in total. The van der Waals surface area contributed by atoms with Crippen molar-refractivity contribution in [3.63, 3.8) is 0 Å². The second kappa shape index (κ2) is 6.19. The minimum Gasteiger partial charge on any atom is -0.479 e. The highest BCUT2D eigenvalue weighted by Crippen LogP contribution is 2.07. The molecule has 0 aliphatic heterocycles. The number of aromatic nitrogens is 1. The van der Waals surface area contributed by atoms with Crippen molar-refractivity contribution in [2.24, 2.45) is 0 Å². The fourth-order valence-electron chi connectivity index (χ4n) is 1.86. The summed E-state index contributed by atoms with van der Waals surface area (Å²) in [4.78, 5) is 37.0. The Morgan fingerprint density at radius 3 is 2.71 bits per heavy atom. The first-order valence-electron chi connectivity index (χ1n) is 6.30. The molecule has 1 aromatic carbocycles. The number of aliphatic carboxylic acids is 1. The number of carbonyl (C=O) groups is 2. The molecule has 0 bridgehead atoms. The summed E-state index contributed by atoms with van der Waals surface area (Å²) in [5.41, 5.74) is 0.351. The van der Waals surface area contributed by atoms with Crippen molar-refractivity contribution in [2.45, 2.75) is 12.5 Å². The second-order valence-electron chi connectivity index (χ2n) is 4.49. The average Bonchev–Trinajstić information content (AvgIpc) is 2.46.